The summed E-state index contributed by atoms with van der Waals surface area (Å²) in [5, 5.41) is 4.15. The Bertz CT molecular complexity index is 1030. The lowest BCUT2D eigenvalue weighted by molar-refractivity contribution is -0.139. The summed E-state index contributed by atoms with van der Waals surface area (Å²) in [5.74, 6) is 1.09. The number of carbonyl (C=O) groups is 3. The Labute approximate surface area is 211 Å². The Balaban J connectivity index is 1.35. The Morgan fingerprint density at radius 3 is 2.50 bits per heavy atom. The zero-order valence-corrected chi connectivity index (χ0v) is 21.9. The number of aryl methyl sites for hydroxylation is 1. The summed E-state index contributed by atoms with van der Waals surface area (Å²) in [6.45, 7) is 11.4. The lowest BCUT2D eigenvalue weighted by Crippen LogP contribution is -2.50. The van der Waals surface area contributed by atoms with Crippen molar-refractivity contribution in [2.45, 2.75) is 90.4 Å². The van der Waals surface area contributed by atoms with Crippen LogP contribution in [-0.2, 0) is 24.5 Å². The summed E-state index contributed by atoms with van der Waals surface area (Å²) >= 11 is 0. The molecule has 0 radical (unpaired) electrons. The number of rotatable bonds is 4. The van der Waals surface area contributed by atoms with Crippen LogP contribution in [0.15, 0.2) is 15.6 Å². The van der Waals surface area contributed by atoms with Gasteiger partial charge < -0.3 is 28.5 Å². The molecular formula is C26H37N3O7. The van der Waals surface area contributed by atoms with Gasteiger partial charge in [0.25, 0.3) is 11.8 Å². The highest BCUT2D eigenvalue weighted by atomic mass is 16.7. The van der Waals surface area contributed by atoms with Gasteiger partial charge >= 0.3 is 6.16 Å². The maximum atomic E-state index is 13.3. The van der Waals surface area contributed by atoms with E-state index in [4.69, 9.17) is 18.7 Å². The van der Waals surface area contributed by atoms with E-state index in [1.54, 1.807) is 11.8 Å². The molecule has 198 valence electrons. The van der Waals surface area contributed by atoms with Crippen LogP contribution in [0.4, 0.5) is 4.79 Å². The highest BCUT2D eigenvalue weighted by Gasteiger charge is 2.46. The molecule has 10 heteroatoms. The molecule has 0 saturated carbocycles. The summed E-state index contributed by atoms with van der Waals surface area (Å²) < 4.78 is 16.1. The minimum atomic E-state index is -0.775. The molecule has 3 aliphatic rings. The molecule has 1 aromatic rings. The number of amides is 2. The summed E-state index contributed by atoms with van der Waals surface area (Å²) in [6.07, 6.45) is 2.33. The highest BCUT2D eigenvalue weighted by Crippen LogP contribution is 2.36. The monoisotopic (exact) mass is 503 g/mol. The number of nitrogens with zero attached hydrogens (tertiary/aromatic N) is 3. The molecule has 4 rings (SSSR count). The van der Waals surface area contributed by atoms with Crippen LogP contribution in [0.1, 0.15) is 88.1 Å². The molecule has 0 aromatic carbocycles. The average Bonchev–Trinajstić information content (AvgIpc) is 3.43. The Morgan fingerprint density at radius 1 is 1.14 bits per heavy atom. The van der Waals surface area contributed by atoms with E-state index < -0.39 is 18.0 Å². The minimum Gasteiger partial charge on any atom is -0.465 e. The van der Waals surface area contributed by atoms with Gasteiger partial charge in [-0.25, -0.2) is 4.79 Å². The van der Waals surface area contributed by atoms with Gasteiger partial charge in [0.15, 0.2) is 6.23 Å². The third-order valence-corrected chi connectivity index (χ3v) is 7.14. The van der Waals surface area contributed by atoms with Crippen molar-refractivity contribution in [2.75, 3.05) is 26.2 Å². The van der Waals surface area contributed by atoms with Crippen molar-refractivity contribution in [3.05, 3.63) is 23.2 Å². The number of furan rings is 1. The fourth-order valence-electron chi connectivity index (χ4n) is 4.94. The van der Waals surface area contributed by atoms with Crippen LogP contribution >= 0.6 is 0 Å². The molecular weight excluding hydrogens is 466 g/mol. The van der Waals surface area contributed by atoms with E-state index in [-0.39, 0.29) is 23.8 Å². The largest absolute Gasteiger partial charge is 0.510 e. The van der Waals surface area contributed by atoms with Crippen LogP contribution in [0.3, 0.4) is 0 Å². The first-order valence-corrected chi connectivity index (χ1v) is 12.8. The lowest BCUT2D eigenvalue weighted by Gasteiger charge is -2.37. The average molecular weight is 504 g/mol. The smallest absolute Gasteiger partial charge is 0.465 e. The summed E-state index contributed by atoms with van der Waals surface area (Å²) in [6, 6.07) is 1.85. The van der Waals surface area contributed by atoms with E-state index in [0.29, 0.717) is 62.4 Å². The number of ether oxygens (including phenoxy) is 2. The molecule has 0 bridgehead atoms. The predicted octanol–water partition coefficient (Wildman–Crippen LogP) is 4.15. The molecule has 0 N–H and O–H groups in total. The first kappa shape index (κ1) is 26.0. The van der Waals surface area contributed by atoms with Crippen LogP contribution in [-0.4, -0.2) is 71.6 Å². The van der Waals surface area contributed by atoms with E-state index in [0.717, 1.165) is 18.6 Å². The number of hydrogen-bond acceptors (Lipinski definition) is 8. The van der Waals surface area contributed by atoms with Gasteiger partial charge in [0, 0.05) is 50.7 Å². The number of hydrogen-bond donors (Lipinski definition) is 0. The van der Waals surface area contributed by atoms with E-state index in [9.17, 15) is 14.4 Å². The van der Waals surface area contributed by atoms with Crippen molar-refractivity contribution in [3.63, 3.8) is 0 Å². The number of oxime groups is 1. The van der Waals surface area contributed by atoms with Crippen LogP contribution < -0.4 is 0 Å². The molecule has 1 atom stereocenters. The van der Waals surface area contributed by atoms with Crippen molar-refractivity contribution >= 4 is 23.7 Å². The Kier molecular flexibility index (Phi) is 7.33. The molecule has 2 saturated heterocycles. The van der Waals surface area contributed by atoms with Crippen LogP contribution in [0, 0.1) is 6.92 Å². The molecule has 1 spiro atoms. The third-order valence-electron chi connectivity index (χ3n) is 7.14. The molecule has 1 unspecified atom stereocenters. The van der Waals surface area contributed by atoms with Gasteiger partial charge in [-0.1, -0.05) is 25.9 Å². The van der Waals surface area contributed by atoms with Gasteiger partial charge in [-0.15, -0.1) is 0 Å². The predicted molar refractivity (Wildman–Crippen MR) is 131 cm³/mol. The highest BCUT2D eigenvalue weighted by molar-refractivity contribution is 6.39. The van der Waals surface area contributed by atoms with Gasteiger partial charge in [0.05, 0.1) is 12.2 Å². The zero-order chi connectivity index (χ0) is 26.1. The number of piperidine rings is 2. The van der Waals surface area contributed by atoms with Gasteiger partial charge in [-0.3, -0.25) is 9.59 Å². The summed E-state index contributed by atoms with van der Waals surface area (Å²) in [7, 11) is 0. The zero-order valence-electron chi connectivity index (χ0n) is 21.9. The van der Waals surface area contributed by atoms with Crippen LogP contribution in [0.5, 0.6) is 0 Å². The van der Waals surface area contributed by atoms with Crippen LogP contribution in [0.25, 0.3) is 0 Å². The van der Waals surface area contributed by atoms with Gasteiger partial charge in [0.2, 0.25) is 0 Å². The molecule has 36 heavy (non-hydrogen) atoms. The fraction of sp³-hybridized carbons (Fsp3) is 0.692. The lowest BCUT2D eigenvalue weighted by atomic mass is 9.86. The second kappa shape index (κ2) is 10.1. The van der Waals surface area contributed by atoms with E-state index in [1.165, 1.54) is 0 Å². The minimum absolute atomic E-state index is 0.0518. The van der Waals surface area contributed by atoms with Crippen molar-refractivity contribution < 1.29 is 33.1 Å². The molecule has 3 aliphatic heterocycles. The Hall–Kier alpha value is -3.04. The molecule has 2 fully saturated rings. The maximum Gasteiger partial charge on any atom is 0.510 e. The first-order chi connectivity index (χ1) is 17.0. The fourth-order valence-corrected chi connectivity index (χ4v) is 4.94. The van der Waals surface area contributed by atoms with Crippen LogP contribution in [0.2, 0.25) is 0 Å². The number of carbonyl (C=O) groups excluding carboxylic acids is 3. The molecule has 1 aromatic heterocycles. The van der Waals surface area contributed by atoms with Crippen molar-refractivity contribution in [1.29, 1.82) is 0 Å². The van der Waals surface area contributed by atoms with Gasteiger partial charge in [-0.2, -0.15) is 0 Å². The second-order valence-electron chi connectivity index (χ2n) is 10.9. The summed E-state index contributed by atoms with van der Waals surface area (Å²) in [5.41, 5.74) is 0.140. The molecule has 0 aliphatic carbocycles. The van der Waals surface area contributed by atoms with E-state index in [1.807, 2.05) is 17.9 Å². The van der Waals surface area contributed by atoms with Gasteiger partial charge in [-0.05, 0) is 32.8 Å². The molecule has 2 amide bonds. The topological polar surface area (TPSA) is 111 Å². The third kappa shape index (κ3) is 5.37. The maximum absolute atomic E-state index is 13.3. The first-order valence-electron chi connectivity index (χ1n) is 12.8. The van der Waals surface area contributed by atoms with E-state index in [2.05, 4.69) is 25.9 Å². The Morgan fingerprint density at radius 2 is 1.86 bits per heavy atom. The van der Waals surface area contributed by atoms with E-state index >= 15 is 0 Å². The van der Waals surface area contributed by atoms with Crippen molar-refractivity contribution in [1.82, 2.24) is 9.80 Å². The molecule has 4 heterocycles. The second-order valence-corrected chi connectivity index (χ2v) is 10.9. The van der Waals surface area contributed by atoms with Gasteiger partial charge in [0.1, 0.15) is 22.8 Å². The summed E-state index contributed by atoms with van der Waals surface area (Å²) in [4.78, 5) is 47.5. The normalized spacial score (nSPS) is 21.7. The quantitative estimate of drug-likeness (QED) is 0.568. The SMILES string of the molecule is CCOC(=O)OC1CCCCN1C(=O)C1=NOC2(CCN(C(=O)c3cc(C(C)(C)C)oc3C)CC2)C1. The van der Waals surface area contributed by atoms with Crippen molar-refractivity contribution in [2.24, 2.45) is 5.16 Å². The van der Waals surface area contributed by atoms with Crippen molar-refractivity contribution in [3.8, 4) is 0 Å². The standard InChI is InChI=1S/C26H37N3O7/c1-6-33-24(32)35-21-9-7-8-12-29(21)23(31)19-16-26(36-27-19)10-13-28(14-11-26)22(30)18-15-20(25(3,4)5)34-17(18)2/h15,21H,6-14,16H2,1-5H3. The number of likely N-dealkylation sites (tertiary alicyclic amines) is 2. The molecule has 10 nitrogen and oxygen atoms in total.